The number of aromatic nitrogens is 4. The van der Waals surface area contributed by atoms with Crippen LogP contribution in [0, 0.1) is 20.8 Å². The Morgan fingerprint density at radius 2 is 1.70 bits per heavy atom. The molecule has 1 amide bonds. The average Bonchev–Trinajstić information content (AvgIpc) is 3.15. The van der Waals surface area contributed by atoms with E-state index in [1.54, 1.807) is 38.1 Å². The van der Waals surface area contributed by atoms with Gasteiger partial charge < -0.3 is 0 Å². The molecule has 0 atom stereocenters. The van der Waals surface area contributed by atoms with Crippen molar-refractivity contribution in [3.05, 3.63) is 91.9 Å². The number of aromatic amines is 1. The number of amides is 1. The van der Waals surface area contributed by atoms with Crippen LogP contribution in [0.25, 0.3) is 5.78 Å². The van der Waals surface area contributed by atoms with Crippen LogP contribution in [0.5, 0.6) is 0 Å². The van der Waals surface area contributed by atoms with E-state index in [1.165, 1.54) is 9.42 Å². The van der Waals surface area contributed by atoms with E-state index in [0.717, 1.165) is 11.1 Å². The molecule has 0 bridgehead atoms. The van der Waals surface area contributed by atoms with Crippen molar-refractivity contribution in [1.29, 1.82) is 0 Å². The van der Waals surface area contributed by atoms with Crippen molar-refractivity contribution in [1.82, 2.24) is 19.6 Å². The summed E-state index contributed by atoms with van der Waals surface area (Å²) in [5, 5.41) is 3.55. The van der Waals surface area contributed by atoms with Crippen LogP contribution in [0.15, 0.2) is 53.3 Å². The highest BCUT2D eigenvalue weighted by atomic mass is 35.5. The molecule has 4 rings (SSSR count). The van der Waals surface area contributed by atoms with Crippen LogP contribution in [0.2, 0.25) is 5.02 Å². The van der Waals surface area contributed by atoms with Crippen LogP contribution < -0.4 is 10.5 Å². The molecular weight excluding hydrogens is 402 g/mol. The molecule has 4 aromatic rings. The summed E-state index contributed by atoms with van der Waals surface area (Å²) >= 11 is 5.99. The van der Waals surface area contributed by atoms with Crippen molar-refractivity contribution < 1.29 is 4.79 Å². The Hall–Kier alpha value is -3.45. The summed E-state index contributed by atoms with van der Waals surface area (Å²) in [5.74, 6) is 0.214. The number of H-pyrrole nitrogens is 1. The van der Waals surface area contributed by atoms with Gasteiger partial charge in [0.05, 0.1) is 6.54 Å². The van der Waals surface area contributed by atoms with Crippen molar-refractivity contribution in [2.24, 2.45) is 0 Å². The van der Waals surface area contributed by atoms with E-state index in [1.807, 2.05) is 31.2 Å². The van der Waals surface area contributed by atoms with Gasteiger partial charge in [0.2, 0.25) is 5.95 Å². The molecule has 7 nitrogen and oxygen atoms in total. The molecule has 8 heteroatoms. The first-order valence-electron chi connectivity index (χ1n) is 9.42. The minimum Gasteiger partial charge on any atom is -0.272 e. The molecule has 0 saturated carbocycles. The zero-order chi connectivity index (χ0) is 21.4. The number of carbonyl (C=O) groups is 1. The highest BCUT2D eigenvalue weighted by Crippen LogP contribution is 2.19. The third-order valence-corrected chi connectivity index (χ3v) is 5.26. The predicted octanol–water partition coefficient (Wildman–Crippen LogP) is 3.84. The lowest BCUT2D eigenvalue weighted by Crippen LogP contribution is -2.31. The fraction of sp³-hybridized carbons (Fsp3) is 0.182. The van der Waals surface area contributed by atoms with Gasteiger partial charge in [-0.2, -0.15) is 9.50 Å². The largest absolute Gasteiger partial charge is 0.277 e. The van der Waals surface area contributed by atoms with E-state index in [-0.39, 0.29) is 29.7 Å². The molecule has 152 valence electrons. The standard InChI is InChI=1S/C22H20ClN5O2/c1-13-4-8-17(9-5-13)20(30)27(12-16-6-10-18(23)11-7-16)22-25-21-24-15(3)14(2)19(29)28(21)26-22/h4-11H,12H2,1-3H3,(H,24,25,26). The minimum absolute atomic E-state index is 0.218. The molecule has 0 radical (unpaired) electrons. The summed E-state index contributed by atoms with van der Waals surface area (Å²) in [6.45, 7) is 5.67. The summed E-state index contributed by atoms with van der Waals surface area (Å²) in [6.07, 6.45) is 0. The van der Waals surface area contributed by atoms with Crippen molar-refractivity contribution in [3.63, 3.8) is 0 Å². The maximum Gasteiger partial charge on any atom is 0.277 e. The second-order valence-corrected chi connectivity index (χ2v) is 7.63. The van der Waals surface area contributed by atoms with E-state index in [4.69, 9.17) is 11.6 Å². The second-order valence-electron chi connectivity index (χ2n) is 7.19. The van der Waals surface area contributed by atoms with Gasteiger partial charge in [0, 0.05) is 21.8 Å². The van der Waals surface area contributed by atoms with Crippen LogP contribution in [0.3, 0.4) is 0 Å². The molecule has 2 aromatic carbocycles. The Bertz CT molecular complexity index is 1290. The molecule has 0 saturated heterocycles. The topological polar surface area (TPSA) is 83.4 Å². The molecular formula is C22H20ClN5O2. The van der Waals surface area contributed by atoms with Crippen molar-refractivity contribution in [2.75, 3.05) is 4.90 Å². The second kappa shape index (κ2) is 7.76. The molecule has 1 N–H and O–H groups in total. The molecule has 2 aromatic heterocycles. The lowest BCUT2D eigenvalue weighted by atomic mass is 10.1. The fourth-order valence-corrected chi connectivity index (χ4v) is 3.21. The van der Waals surface area contributed by atoms with Gasteiger partial charge in [-0.3, -0.25) is 19.6 Å². The lowest BCUT2D eigenvalue weighted by Gasteiger charge is -2.20. The summed E-state index contributed by atoms with van der Waals surface area (Å²) in [4.78, 5) is 36.2. The first kappa shape index (κ1) is 19.8. The van der Waals surface area contributed by atoms with Gasteiger partial charge in [-0.25, -0.2) is 4.98 Å². The van der Waals surface area contributed by atoms with Gasteiger partial charge >= 0.3 is 0 Å². The van der Waals surface area contributed by atoms with Crippen molar-refractivity contribution >= 4 is 29.2 Å². The zero-order valence-corrected chi connectivity index (χ0v) is 17.6. The third-order valence-electron chi connectivity index (χ3n) is 5.01. The Labute approximate surface area is 178 Å². The van der Waals surface area contributed by atoms with Gasteiger partial charge in [0.15, 0.2) is 0 Å². The minimum atomic E-state index is -0.245. The molecule has 0 spiro atoms. The predicted molar refractivity (Wildman–Crippen MR) is 116 cm³/mol. The SMILES string of the molecule is Cc1ccc(C(=O)N(Cc2ccc(Cl)cc2)c2nc3nc(C)c(C)c(=O)n3[nH]2)cc1. The van der Waals surface area contributed by atoms with Crippen LogP contribution in [0.4, 0.5) is 5.95 Å². The highest BCUT2D eigenvalue weighted by Gasteiger charge is 2.23. The molecule has 0 aliphatic rings. The number of hydrogen-bond acceptors (Lipinski definition) is 4. The Balaban J connectivity index is 1.82. The Morgan fingerprint density at radius 1 is 1.03 bits per heavy atom. The van der Waals surface area contributed by atoms with E-state index in [2.05, 4.69) is 15.1 Å². The van der Waals surface area contributed by atoms with Crippen LogP contribution >= 0.6 is 11.6 Å². The summed E-state index contributed by atoms with van der Waals surface area (Å²) in [6, 6.07) is 14.5. The lowest BCUT2D eigenvalue weighted by molar-refractivity contribution is 0.0983. The van der Waals surface area contributed by atoms with Crippen molar-refractivity contribution in [3.8, 4) is 0 Å². The summed E-state index contributed by atoms with van der Waals surface area (Å²) in [7, 11) is 0. The number of anilines is 1. The molecule has 0 fully saturated rings. The van der Waals surface area contributed by atoms with Gasteiger partial charge in [-0.05, 0) is 50.6 Å². The first-order valence-corrected chi connectivity index (χ1v) is 9.80. The Kier molecular flexibility index (Phi) is 5.13. The van der Waals surface area contributed by atoms with Crippen LogP contribution in [-0.2, 0) is 6.54 Å². The number of aryl methyl sites for hydroxylation is 2. The highest BCUT2D eigenvalue weighted by molar-refractivity contribution is 6.30. The van der Waals surface area contributed by atoms with Gasteiger partial charge in [-0.1, -0.05) is 41.4 Å². The Morgan fingerprint density at radius 3 is 2.37 bits per heavy atom. The number of nitrogens with one attached hydrogen (secondary N) is 1. The number of hydrogen-bond donors (Lipinski definition) is 1. The van der Waals surface area contributed by atoms with Crippen LogP contribution in [-0.4, -0.2) is 25.5 Å². The summed E-state index contributed by atoms with van der Waals surface area (Å²) in [5.41, 5.74) is 3.33. The van der Waals surface area contributed by atoms with E-state index < -0.39 is 0 Å². The molecule has 2 heterocycles. The van der Waals surface area contributed by atoms with Crippen LogP contribution in [0.1, 0.15) is 32.7 Å². The number of carbonyl (C=O) groups excluding carboxylic acids is 1. The maximum absolute atomic E-state index is 13.4. The molecule has 0 aliphatic heterocycles. The van der Waals surface area contributed by atoms with Gasteiger partial charge in [-0.15, -0.1) is 0 Å². The van der Waals surface area contributed by atoms with Gasteiger partial charge in [0.1, 0.15) is 0 Å². The third kappa shape index (κ3) is 3.71. The number of benzene rings is 2. The van der Waals surface area contributed by atoms with E-state index in [9.17, 15) is 9.59 Å². The number of fused-ring (bicyclic) bond motifs is 1. The number of halogens is 1. The molecule has 0 unspecified atom stereocenters. The van der Waals surface area contributed by atoms with Crippen molar-refractivity contribution in [2.45, 2.75) is 27.3 Å². The normalized spacial score (nSPS) is 11.1. The van der Waals surface area contributed by atoms with E-state index >= 15 is 0 Å². The van der Waals surface area contributed by atoms with E-state index in [0.29, 0.717) is 21.8 Å². The number of nitrogens with zero attached hydrogens (tertiary/aromatic N) is 4. The van der Waals surface area contributed by atoms with Gasteiger partial charge in [0.25, 0.3) is 17.2 Å². The number of rotatable bonds is 4. The summed E-state index contributed by atoms with van der Waals surface area (Å²) < 4.78 is 1.26. The quantitative estimate of drug-likeness (QED) is 0.542. The molecule has 0 aliphatic carbocycles. The monoisotopic (exact) mass is 421 g/mol. The smallest absolute Gasteiger partial charge is 0.272 e. The first-order chi connectivity index (χ1) is 14.3. The zero-order valence-electron chi connectivity index (χ0n) is 16.8. The average molecular weight is 422 g/mol. The maximum atomic E-state index is 13.4. The fourth-order valence-electron chi connectivity index (χ4n) is 3.08. The molecule has 30 heavy (non-hydrogen) atoms.